The number of hydrogen-bond acceptors (Lipinski definition) is 5. The van der Waals surface area contributed by atoms with Crippen molar-refractivity contribution < 1.29 is 9.47 Å². The van der Waals surface area contributed by atoms with E-state index >= 15 is 0 Å². The molecular formula is C16H23N3O2. The van der Waals surface area contributed by atoms with E-state index in [1.807, 2.05) is 6.07 Å². The summed E-state index contributed by atoms with van der Waals surface area (Å²) >= 11 is 0. The fourth-order valence-electron chi connectivity index (χ4n) is 3.47. The molecule has 0 spiro atoms. The van der Waals surface area contributed by atoms with Gasteiger partial charge in [-0.05, 0) is 24.6 Å². The number of ether oxygens (including phenoxy) is 2. The van der Waals surface area contributed by atoms with Crippen LogP contribution in [-0.2, 0) is 0 Å². The molecule has 2 fully saturated rings. The van der Waals surface area contributed by atoms with E-state index in [1.54, 1.807) is 0 Å². The zero-order valence-corrected chi connectivity index (χ0v) is 12.5. The Bertz CT molecular complexity index is 510. The lowest BCUT2D eigenvalue weighted by Crippen LogP contribution is -2.62. The zero-order chi connectivity index (χ0) is 14.2. The lowest BCUT2D eigenvalue weighted by atomic mass is 9.98. The summed E-state index contributed by atoms with van der Waals surface area (Å²) in [5.74, 6) is 1.76. The van der Waals surface area contributed by atoms with Crippen LogP contribution >= 0.6 is 0 Å². The Balaban J connectivity index is 1.37. The summed E-state index contributed by atoms with van der Waals surface area (Å²) in [4.78, 5) is 5.17. The third-order valence-corrected chi connectivity index (χ3v) is 4.99. The van der Waals surface area contributed by atoms with E-state index < -0.39 is 0 Å². The van der Waals surface area contributed by atoms with Crippen molar-refractivity contribution in [2.75, 3.05) is 46.1 Å². The van der Waals surface area contributed by atoms with Gasteiger partial charge in [0.1, 0.15) is 0 Å². The Kier molecular flexibility index (Phi) is 3.49. The highest BCUT2D eigenvalue weighted by Gasteiger charge is 2.35. The van der Waals surface area contributed by atoms with Crippen molar-refractivity contribution in [1.82, 2.24) is 15.1 Å². The van der Waals surface area contributed by atoms with Gasteiger partial charge in [0.15, 0.2) is 11.5 Å². The molecule has 5 nitrogen and oxygen atoms in total. The standard InChI is InChI=1S/C16H23N3O2/c1-12(13-2-3-15-16(8-13)21-11-20-15)19-9-14(10-19)18-6-4-17-5-7-18/h2-3,8,12,14,17H,4-7,9-11H2,1H3. The fraction of sp³-hybridized carbons (Fsp3) is 0.625. The summed E-state index contributed by atoms with van der Waals surface area (Å²) in [6, 6.07) is 7.51. The van der Waals surface area contributed by atoms with E-state index in [0.29, 0.717) is 12.8 Å². The number of benzene rings is 1. The number of hydrogen-bond donors (Lipinski definition) is 1. The van der Waals surface area contributed by atoms with Crippen LogP contribution in [0.3, 0.4) is 0 Å². The number of nitrogens with one attached hydrogen (secondary N) is 1. The normalized spacial score (nSPS) is 24.8. The van der Waals surface area contributed by atoms with Gasteiger partial charge in [0.25, 0.3) is 0 Å². The second-order valence-electron chi connectivity index (χ2n) is 6.18. The highest BCUT2D eigenvalue weighted by Crippen LogP contribution is 2.36. The van der Waals surface area contributed by atoms with Gasteiger partial charge in [-0.3, -0.25) is 9.80 Å². The van der Waals surface area contributed by atoms with Crippen molar-refractivity contribution in [2.24, 2.45) is 0 Å². The first-order chi connectivity index (χ1) is 10.3. The number of likely N-dealkylation sites (tertiary alicyclic amines) is 1. The first kappa shape index (κ1) is 13.4. The fourth-order valence-corrected chi connectivity index (χ4v) is 3.47. The highest BCUT2D eigenvalue weighted by molar-refractivity contribution is 5.45. The molecule has 0 aliphatic carbocycles. The molecule has 2 saturated heterocycles. The lowest BCUT2D eigenvalue weighted by Gasteiger charge is -2.49. The van der Waals surface area contributed by atoms with Crippen molar-refractivity contribution in [3.8, 4) is 11.5 Å². The molecule has 4 rings (SSSR count). The van der Waals surface area contributed by atoms with Gasteiger partial charge in [-0.1, -0.05) is 6.07 Å². The number of nitrogens with zero attached hydrogens (tertiary/aromatic N) is 2. The average Bonchev–Trinajstić information content (AvgIpc) is 2.94. The molecule has 114 valence electrons. The monoisotopic (exact) mass is 289 g/mol. The average molecular weight is 289 g/mol. The summed E-state index contributed by atoms with van der Waals surface area (Å²) < 4.78 is 10.9. The predicted molar refractivity (Wildman–Crippen MR) is 80.8 cm³/mol. The molecule has 21 heavy (non-hydrogen) atoms. The minimum atomic E-state index is 0.349. The van der Waals surface area contributed by atoms with Crippen molar-refractivity contribution in [2.45, 2.75) is 19.0 Å². The molecule has 5 heteroatoms. The van der Waals surface area contributed by atoms with Crippen LogP contribution in [0.4, 0.5) is 0 Å². The Morgan fingerprint density at radius 1 is 1.14 bits per heavy atom. The van der Waals surface area contributed by atoms with Crippen LogP contribution in [-0.4, -0.2) is 61.9 Å². The Hall–Kier alpha value is -1.30. The molecule has 1 atom stereocenters. The number of fused-ring (bicyclic) bond motifs is 1. The highest BCUT2D eigenvalue weighted by atomic mass is 16.7. The van der Waals surface area contributed by atoms with E-state index in [-0.39, 0.29) is 0 Å². The zero-order valence-electron chi connectivity index (χ0n) is 12.5. The van der Waals surface area contributed by atoms with Crippen LogP contribution in [0.15, 0.2) is 18.2 Å². The molecule has 3 aliphatic heterocycles. The Labute approximate surface area is 125 Å². The minimum Gasteiger partial charge on any atom is -0.454 e. The van der Waals surface area contributed by atoms with Gasteiger partial charge in [-0.15, -0.1) is 0 Å². The summed E-state index contributed by atoms with van der Waals surface area (Å²) in [6.07, 6.45) is 0. The molecule has 0 radical (unpaired) electrons. The van der Waals surface area contributed by atoms with E-state index in [9.17, 15) is 0 Å². The molecule has 1 aromatic carbocycles. The molecule has 0 bridgehead atoms. The smallest absolute Gasteiger partial charge is 0.231 e. The second kappa shape index (κ2) is 5.48. The van der Waals surface area contributed by atoms with Crippen molar-refractivity contribution >= 4 is 0 Å². The van der Waals surface area contributed by atoms with Gasteiger partial charge in [-0.2, -0.15) is 0 Å². The molecule has 0 aromatic heterocycles. The van der Waals surface area contributed by atoms with Gasteiger partial charge < -0.3 is 14.8 Å². The van der Waals surface area contributed by atoms with E-state index in [4.69, 9.17) is 9.47 Å². The maximum atomic E-state index is 5.48. The van der Waals surface area contributed by atoms with Gasteiger partial charge in [0, 0.05) is 51.4 Å². The van der Waals surface area contributed by atoms with Crippen molar-refractivity contribution in [3.05, 3.63) is 23.8 Å². The largest absolute Gasteiger partial charge is 0.454 e. The summed E-state index contributed by atoms with van der Waals surface area (Å²) in [5, 5.41) is 3.42. The summed E-state index contributed by atoms with van der Waals surface area (Å²) in [6.45, 7) is 9.63. The lowest BCUT2D eigenvalue weighted by molar-refractivity contribution is 0.00344. The van der Waals surface area contributed by atoms with Gasteiger partial charge >= 0.3 is 0 Å². The Morgan fingerprint density at radius 2 is 1.90 bits per heavy atom. The van der Waals surface area contributed by atoms with Crippen LogP contribution in [0.1, 0.15) is 18.5 Å². The quantitative estimate of drug-likeness (QED) is 0.901. The molecule has 0 saturated carbocycles. The second-order valence-corrected chi connectivity index (χ2v) is 6.18. The van der Waals surface area contributed by atoms with E-state index in [0.717, 1.165) is 30.6 Å². The van der Waals surface area contributed by atoms with Gasteiger partial charge in [-0.25, -0.2) is 0 Å². The molecule has 1 aromatic rings. The molecular weight excluding hydrogens is 266 g/mol. The maximum absolute atomic E-state index is 5.48. The van der Waals surface area contributed by atoms with Crippen LogP contribution in [0.2, 0.25) is 0 Å². The number of piperazine rings is 1. The number of rotatable bonds is 3. The third kappa shape index (κ3) is 2.50. The SMILES string of the molecule is CC(c1ccc2c(c1)OCO2)N1CC(N2CCNCC2)C1. The Morgan fingerprint density at radius 3 is 2.71 bits per heavy atom. The van der Waals surface area contributed by atoms with Crippen LogP contribution in [0, 0.1) is 0 Å². The first-order valence-corrected chi connectivity index (χ1v) is 7.89. The van der Waals surface area contributed by atoms with Gasteiger partial charge in [0.2, 0.25) is 6.79 Å². The van der Waals surface area contributed by atoms with Crippen molar-refractivity contribution in [1.29, 1.82) is 0 Å². The summed E-state index contributed by atoms with van der Waals surface area (Å²) in [7, 11) is 0. The van der Waals surface area contributed by atoms with Gasteiger partial charge in [0.05, 0.1) is 0 Å². The van der Waals surface area contributed by atoms with E-state index in [2.05, 4.69) is 34.2 Å². The molecule has 0 amide bonds. The van der Waals surface area contributed by atoms with Crippen LogP contribution < -0.4 is 14.8 Å². The third-order valence-electron chi connectivity index (χ3n) is 4.99. The van der Waals surface area contributed by atoms with E-state index in [1.165, 1.54) is 31.7 Å². The molecule has 3 heterocycles. The molecule has 1 unspecified atom stereocenters. The van der Waals surface area contributed by atoms with Crippen molar-refractivity contribution in [3.63, 3.8) is 0 Å². The van der Waals surface area contributed by atoms with Crippen LogP contribution in [0.25, 0.3) is 0 Å². The minimum absolute atomic E-state index is 0.349. The molecule has 1 N–H and O–H groups in total. The predicted octanol–water partition coefficient (Wildman–Crippen LogP) is 1.07. The summed E-state index contributed by atoms with van der Waals surface area (Å²) in [5.41, 5.74) is 1.32. The van der Waals surface area contributed by atoms with Crippen LogP contribution in [0.5, 0.6) is 11.5 Å². The molecule has 3 aliphatic rings. The first-order valence-electron chi connectivity index (χ1n) is 7.89. The topological polar surface area (TPSA) is 37.0 Å². The maximum Gasteiger partial charge on any atom is 0.231 e.